The quantitative estimate of drug-likeness (QED) is 0.818. The van der Waals surface area contributed by atoms with Crippen molar-refractivity contribution < 1.29 is 4.74 Å². The van der Waals surface area contributed by atoms with E-state index in [1.807, 2.05) is 0 Å². The normalized spacial score (nSPS) is 24.8. The van der Waals surface area contributed by atoms with Crippen molar-refractivity contribution in [1.29, 1.82) is 0 Å². The van der Waals surface area contributed by atoms with Crippen LogP contribution in [0, 0.1) is 0 Å². The Kier molecular flexibility index (Phi) is 6.61. The van der Waals surface area contributed by atoms with E-state index in [-0.39, 0.29) is 5.54 Å². The molecule has 2 atom stereocenters. The van der Waals surface area contributed by atoms with Crippen molar-refractivity contribution in [2.24, 2.45) is 0 Å². The first kappa shape index (κ1) is 15.9. The Morgan fingerprint density at radius 3 is 2.72 bits per heavy atom. The van der Waals surface area contributed by atoms with Gasteiger partial charge in [-0.25, -0.2) is 0 Å². The average Bonchev–Trinajstić information content (AvgIpc) is 2.52. The van der Waals surface area contributed by atoms with E-state index in [2.05, 4.69) is 44.8 Å². The molecule has 0 aromatic carbocycles. The SMILES string of the molecule is CCC1CN(C(C)CCNC(C)(C)C)CCCO1. The smallest absolute Gasteiger partial charge is 0.0699 e. The minimum Gasteiger partial charge on any atom is -0.377 e. The Morgan fingerprint density at radius 2 is 2.11 bits per heavy atom. The third kappa shape index (κ3) is 6.17. The van der Waals surface area contributed by atoms with Crippen LogP contribution in [0.1, 0.15) is 53.9 Å². The van der Waals surface area contributed by atoms with Crippen LogP contribution >= 0.6 is 0 Å². The van der Waals surface area contributed by atoms with Crippen LogP contribution < -0.4 is 5.32 Å². The highest BCUT2D eigenvalue weighted by molar-refractivity contribution is 4.77. The van der Waals surface area contributed by atoms with E-state index >= 15 is 0 Å². The van der Waals surface area contributed by atoms with Crippen molar-refractivity contribution in [2.45, 2.75) is 71.6 Å². The van der Waals surface area contributed by atoms with Crippen molar-refractivity contribution in [2.75, 3.05) is 26.2 Å². The summed E-state index contributed by atoms with van der Waals surface area (Å²) in [5.74, 6) is 0. The molecule has 0 aliphatic carbocycles. The summed E-state index contributed by atoms with van der Waals surface area (Å²) in [5.41, 5.74) is 0.230. The second-order valence-corrected chi connectivity index (χ2v) is 6.56. The highest BCUT2D eigenvalue weighted by atomic mass is 16.5. The van der Waals surface area contributed by atoms with Gasteiger partial charge in [0.2, 0.25) is 0 Å². The highest BCUT2D eigenvalue weighted by Crippen LogP contribution is 2.13. The minimum absolute atomic E-state index is 0.230. The van der Waals surface area contributed by atoms with E-state index in [0.29, 0.717) is 12.1 Å². The molecular weight excluding hydrogens is 224 g/mol. The van der Waals surface area contributed by atoms with Crippen LogP contribution in [0.5, 0.6) is 0 Å². The fourth-order valence-electron chi connectivity index (χ4n) is 2.41. The second kappa shape index (κ2) is 7.46. The molecule has 0 radical (unpaired) electrons. The number of ether oxygens (including phenoxy) is 1. The maximum absolute atomic E-state index is 5.83. The van der Waals surface area contributed by atoms with E-state index in [9.17, 15) is 0 Å². The lowest BCUT2D eigenvalue weighted by molar-refractivity contribution is 0.0459. The largest absolute Gasteiger partial charge is 0.377 e. The molecule has 0 aromatic rings. The lowest BCUT2D eigenvalue weighted by Crippen LogP contribution is -2.42. The first-order chi connectivity index (χ1) is 8.42. The molecule has 1 rings (SSSR count). The third-order valence-corrected chi connectivity index (χ3v) is 3.68. The van der Waals surface area contributed by atoms with Gasteiger partial charge < -0.3 is 10.1 Å². The molecule has 0 saturated carbocycles. The number of nitrogens with one attached hydrogen (secondary N) is 1. The highest BCUT2D eigenvalue weighted by Gasteiger charge is 2.21. The zero-order chi connectivity index (χ0) is 13.6. The molecule has 0 amide bonds. The van der Waals surface area contributed by atoms with Crippen LogP contribution in [-0.2, 0) is 4.74 Å². The molecule has 18 heavy (non-hydrogen) atoms. The zero-order valence-electron chi connectivity index (χ0n) is 13.0. The van der Waals surface area contributed by atoms with Crippen LogP contribution in [0.4, 0.5) is 0 Å². The summed E-state index contributed by atoms with van der Waals surface area (Å²) in [6.07, 6.45) is 3.95. The lowest BCUT2D eigenvalue weighted by atomic mass is 10.1. The van der Waals surface area contributed by atoms with Crippen LogP contribution in [0.3, 0.4) is 0 Å². The predicted octanol–water partition coefficient (Wildman–Crippen LogP) is 2.65. The minimum atomic E-state index is 0.230. The zero-order valence-corrected chi connectivity index (χ0v) is 13.0. The van der Waals surface area contributed by atoms with E-state index in [1.165, 1.54) is 19.4 Å². The van der Waals surface area contributed by atoms with Crippen LogP contribution in [0.15, 0.2) is 0 Å². The first-order valence-electron chi connectivity index (χ1n) is 7.53. The number of rotatable bonds is 5. The van der Waals surface area contributed by atoms with Crippen molar-refractivity contribution in [3.63, 3.8) is 0 Å². The molecule has 3 heteroatoms. The van der Waals surface area contributed by atoms with Gasteiger partial charge in [-0.15, -0.1) is 0 Å². The van der Waals surface area contributed by atoms with Crippen molar-refractivity contribution in [3.05, 3.63) is 0 Å². The summed E-state index contributed by atoms with van der Waals surface area (Å²) in [5, 5.41) is 3.57. The molecule has 2 unspecified atom stereocenters. The standard InChI is InChI=1S/C15H32N2O/c1-6-14-12-17(10-7-11-18-14)13(2)8-9-16-15(3,4)5/h13-14,16H,6-12H2,1-5H3. The van der Waals surface area contributed by atoms with Crippen molar-refractivity contribution >= 4 is 0 Å². The number of hydrogen-bond acceptors (Lipinski definition) is 3. The van der Waals surface area contributed by atoms with E-state index in [0.717, 1.165) is 26.1 Å². The Balaban J connectivity index is 2.32. The van der Waals surface area contributed by atoms with Gasteiger partial charge in [0.15, 0.2) is 0 Å². The molecule has 108 valence electrons. The Labute approximate surface area is 113 Å². The number of hydrogen-bond donors (Lipinski definition) is 1. The summed E-state index contributed by atoms with van der Waals surface area (Å²) in [6, 6.07) is 0.649. The second-order valence-electron chi connectivity index (χ2n) is 6.56. The molecule has 1 aliphatic heterocycles. The van der Waals surface area contributed by atoms with Gasteiger partial charge in [0.05, 0.1) is 6.10 Å². The molecule has 1 aliphatic rings. The Bertz CT molecular complexity index is 225. The maximum atomic E-state index is 5.83. The monoisotopic (exact) mass is 256 g/mol. The van der Waals surface area contributed by atoms with Gasteiger partial charge in [0.25, 0.3) is 0 Å². The fourth-order valence-corrected chi connectivity index (χ4v) is 2.41. The fraction of sp³-hybridized carbons (Fsp3) is 1.00. The van der Waals surface area contributed by atoms with E-state index in [1.54, 1.807) is 0 Å². The van der Waals surface area contributed by atoms with Gasteiger partial charge in [-0.05, 0) is 53.5 Å². The molecule has 1 N–H and O–H groups in total. The van der Waals surface area contributed by atoms with Gasteiger partial charge in [-0.3, -0.25) is 4.90 Å². The van der Waals surface area contributed by atoms with Crippen LogP contribution in [0.25, 0.3) is 0 Å². The average molecular weight is 256 g/mol. The first-order valence-corrected chi connectivity index (χ1v) is 7.53. The summed E-state index contributed by atoms with van der Waals surface area (Å²) < 4.78 is 5.83. The summed E-state index contributed by atoms with van der Waals surface area (Å²) >= 11 is 0. The Hall–Kier alpha value is -0.120. The topological polar surface area (TPSA) is 24.5 Å². The Morgan fingerprint density at radius 1 is 1.39 bits per heavy atom. The van der Waals surface area contributed by atoms with E-state index < -0.39 is 0 Å². The molecule has 3 nitrogen and oxygen atoms in total. The summed E-state index contributed by atoms with van der Waals surface area (Å²) in [4.78, 5) is 2.60. The molecule has 0 aromatic heterocycles. The van der Waals surface area contributed by atoms with Gasteiger partial charge in [-0.2, -0.15) is 0 Å². The van der Waals surface area contributed by atoms with Gasteiger partial charge in [0.1, 0.15) is 0 Å². The van der Waals surface area contributed by atoms with Crippen molar-refractivity contribution in [1.82, 2.24) is 10.2 Å². The third-order valence-electron chi connectivity index (χ3n) is 3.68. The van der Waals surface area contributed by atoms with Gasteiger partial charge in [-0.1, -0.05) is 6.92 Å². The molecule has 1 fully saturated rings. The van der Waals surface area contributed by atoms with Crippen LogP contribution in [0.2, 0.25) is 0 Å². The molecule has 0 bridgehead atoms. The number of nitrogens with zero attached hydrogens (tertiary/aromatic N) is 1. The van der Waals surface area contributed by atoms with Crippen molar-refractivity contribution in [3.8, 4) is 0 Å². The summed E-state index contributed by atoms with van der Waals surface area (Å²) in [6.45, 7) is 15.6. The molecule has 0 spiro atoms. The van der Waals surface area contributed by atoms with E-state index in [4.69, 9.17) is 4.74 Å². The summed E-state index contributed by atoms with van der Waals surface area (Å²) in [7, 11) is 0. The van der Waals surface area contributed by atoms with Gasteiger partial charge >= 0.3 is 0 Å². The molecular formula is C15H32N2O. The lowest BCUT2D eigenvalue weighted by Gasteiger charge is -2.30. The maximum Gasteiger partial charge on any atom is 0.0699 e. The van der Waals surface area contributed by atoms with Gasteiger partial charge in [0, 0.05) is 31.3 Å². The van der Waals surface area contributed by atoms with Crippen LogP contribution in [-0.4, -0.2) is 48.8 Å². The predicted molar refractivity (Wildman–Crippen MR) is 78.1 cm³/mol. The molecule has 1 saturated heterocycles. The molecule has 1 heterocycles.